The summed E-state index contributed by atoms with van der Waals surface area (Å²) < 4.78 is 11.4. The van der Waals surface area contributed by atoms with Crippen molar-refractivity contribution in [3.8, 4) is 11.5 Å². The minimum Gasteiger partial charge on any atom is -0.493 e. The lowest BCUT2D eigenvalue weighted by Gasteiger charge is -2.22. The molecule has 7 heteroatoms. The molecule has 6 nitrogen and oxygen atoms in total. The first-order valence-electron chi connectivity index (χ1n) is 8.84. The first-order chi connectivity index (χ1) is 11.9. The quantitative estimate of drug-likeness (QED) is 0.310. The number of nitrogens with zero attached hydrogens (tertiary/aromatic N) is 4. The Morgan fingerprint density at radius 1 is 1.00 bits per heavy atom. The molecule has 0 N–H and O–H groups in total. The zero-order chi connectivity index (χ0) is 18.8. The summed E-state index contributed by atoms with van der Waals surface area (Å²) in [5.74, 6) is 2.46. The molecule has 0 saturated heterocycles. The van der Waals surface area contributed by atoms with Gasteiger partial charge < -0.3 is 24.2 Å². The minimum absolute atomic E-state index is 0. The number of hydrogen-bond donors (Lipinski definition) is 0. The second kappa shape index (κ2) is 13.0. The fourth-order valence-electron chi connectivity index (χ4n) is 2.60. The highest BCUT2D eigenvalue weighted by Gasteiger charge is 2.08. The first-order valence-corrected chi connectivity index (χ1v) is 8.84. The van der Waals surface area contributed by atoms with E-state index in [-0.39, 0.29) is 24.0 Å². The standard InChI is InChI=1S/C19H34N4O2.HI/c1-8-23(9-2)12-13-25-17-11-10-16(14-18(17)24-7)15-20-19(21(3)4)22(5)6;/h10-11,14H,8-9,12-13,15H2,1-7H3;1H. The summed E-state index contributed by atoms with van der Waals surface area (Å²) in [4.78, 5) is 11.0. The second-order valence-corrected chi connectivity index (χ2v) is 6.27. The van der Waals surface area contributed by atoms with Gasteiger partial charge in [-0.05, 0) is 30.8 Å². The Bertz CT molecular complexity index is 536. The zero-order valence-electron chi connectivity index (χ0n) is 17.3. The van der Waals surface area contributed by atoms with Crippen LogP contribution in [0.15, 0.2) is 23.2 Å². The molecule has 1 aromatic rings. The minimum atomic E-state index is 0. The van der Waals surface area contributed by atoms with Crippen LogP contribution in [0.4, 0.5) is 0 Å². The van der Waals surface area contributed by atoms with Gasteiger partial charge in [-0.15, -0.1) is 24.0 Å². The maximum atomic E-state index is 5.90. The van der Waals surface area contributed by atoms with Gasteiger partial charge >= 0.3 is 0 Å². The van der Waals surface area contributed by atoms with Crippen LogP contribution in [-0.2, 0) is 6.54 Å². The molecule has 0 bridgehead atoms. The summed E-state index contributed by atoms with van der Waals surface area (Å²) in [7, 11) is 9.64. The van der Waals surface area contributed by atoms with Crippen molar-refractivity contribution in [1.29, 1.82) is 0 Å². The van der Waals surface area contributed by atoms with Crippen molar-refractivity contribution >= 4 is 29.9 Å². The Balaban J connectivity index is 0.00000625. The third-order valence-electron chi connectivity index (χ3n) is 3.99. The van der Waals surface area contributed by atoms with Gasteiger partial charge in [-0.1, -0.05) is 19.9 Å². The van der Waals surface area contributed by atoms with Crippen LogP contribution < -0.4 is 9.47 Å². The molecule has 1 rings (SSSR count). The van der Waals surface area contributed by atoms with E-state index in [0.29, 0.717) is 13.2 Å². The Morgan fingerprint density at radius 2 is 1.62 bits per heavy atom. The van der Waals surface area contributed by atoms with Gasteiger partial charge in [0.25, 0.3) is 0 Å². The summed E-state index contributed by atoms with van der Waals surface area (Å²) in [6.07, 6.45) is 0. The van der Waals surface area contributed by atoms with Gasteiger partial charge in [0.15, 0.2) is 17.5 Å². The van der Waals surface area contributed by atoms with Gasteiger partial charge in [0.1, 0.15) is 6.61 Å². The molecule has 0 aliphatic carbocycles. The summed E-state index contributed by atoms with van der Waals surface area (Å²) >= 11 is 0. The van der Waals surface area contributed by atoms with Gasteiger partial charge in [-0.2, -0.15) is 0 Å². The number of aliphatic imine (C=N–C) groups is 1. The summed E-state index contributed by atoms with van der Waals surface area (Å²) in [5, 5.41) is 0. The molecule has 0 aliphatic heterocycles. The fraction of sp³-hybridized carbons (Fsp3) is 0.632. The Hall–Kier alpha value is -1.22. The monoisotopic (exact) mass is 478 g/mol. The van der Waals surface area contributed by atoms with E-state index in [1.165, 1.54) is 0 Å². The van der Waals surface area contributed by atoms with E-state index in [2.05, 4.69) is 23.7 Å². The lowest BCUT2D eigenvalue weighted by molar-refractivity contribution is 0.217. The summed E-state index contributed by atoms with van der Waals surface area (Å²) in [6, 6.07) is 6.01. The second-order valence-electron chi connectivity index (χ2n) is 6.27. The molecule has 0 fully saturated rings. The topological polar surface area (TPSA) is 40.5 Å². The highest BCUT2D eigenvalue weighted by Crippen LogP contribution is 2.28. The maximum Gasteiger partial charge on any atom is 0.195 e. The SMILES string of the molecule is CCN(CC)CCOc1ccc(CN=C(N(C)C)N(C)C)cc1OC.I. The zero-order valence-corrected chi connectivity index (χ0v) is 19.6. The number of ether oxygens (including phenoxy) is 2. The molecule has 0 saturated carbocycles. The van der Waals surface area contributed by atoms with Crippen molar-refractivity contribution in [2.45, 2.75) is 20.4 Å². The summed E-state index contributed by atoms with van der Waals surface area (Å²) in [5.41, 5.74) is 1.09. The van der Waals surface area contributed by atoms with Crippen LogP contribution in [-0.4, -0.2) is 82.2 Å². The molecule has 0 aliphatic rings. The third kappa shape index (κ3) is 7.99. The number of halogens is 1. The largest absolute Gasteiger partial charge is 0.493 e. The van der Waals surface area contributed by atoms with Gasteiger partial charge in [-0.3, -0.25) is 0 Å². The van der Waals surface area contributed by atoms with Gasteiger partial charge in [0, 0.05) is 34.7 Å². The van der Waals surface area contributed by atoms with Gasteiger partial charge in [-0.25, -0.2) is 4.99 Å². The lowest BCUT2D eigenvalue weighted by atomic mass is 10.2. The average molecular weight is 478 g/mol. The molecule has 1 aromatic carbocycles. The molecule has 0 unspecified atom stereocenters. The summed E-state index contributed by atoms with van der Waals surface area (Å²) in [6.45, 7) is 8.56. The number of hydrogen-bond acceptors (Lipinski definition) is 4. The molecule has 0 atom stereocenters. The van der Waals surface area contributed by atoms with Crippen LogP contribution >= 0.6 is 24.0 Å². The molecular formula is C19H35IN4O2. The van der Waals surface area contributed by atoms with E-state index in [0.717, 1.165) is 42.7 Å². The van der Waals surface area contributed by atoms with Crippen LogP contribution in [0.2, 0.25) is 0 Å². The molecule has 150 valence electrons. The van der Waals surface area contributed by atoms with Crippen molar-refractivity contribution in [3.63, 3.8) is 0 Å². The third-order valence-corrected chi connectivity index (χ3v) is 3.99. The molecule has 0 spiro atoms. The Kier molecular flexibility index (Phi) is 12.4. The number of methoxy groups -OCH3 is 1. The highest BCUT2D eigenvalue weighted by molar-refractivity contribution is 14.0. The van der Waals surface area contributed by atoms with Crippen molar-refractivity contribution < 1.29 is 9.47 Å². The van der Waals surface area contributed by atoms with Crippen LogP contribution in [0, 0.1) is 0 Å². The van der Waals surface area contributed by atoms with Crippen LogP contribution in [0.1, 0.15) is 19.4 Å². The van der Waals surface area contributed by atoms with E-state index >= 15 is 0 Å². The van der Waals surface area contributed by atoms with Crippen LogP contribution in [0.5, 0.6) is 11.5 Å². The van der Waals surface area contributed by atoms with Crippen LogP contribution in [0.3, 0.4) is 0 Å². The average Bonchev–Trinajstić information content (AvgIpc) is 2.59. The molecule has 0 heterocycles. The van der Waals surface area contributed by atoms with Gasteiger partial charge in [0.2, 0.25) is 0 Å². The predicted octanol–water partition coefficient (Wildman–Crippen LogP) is 3.01. The molecular weight excluding hydrogens is 443 g/mol. The highest BCUT2D eigenvalue weighted by atomic mass is 127. The van der Waals surface area contributed by atoms with Crippen LogP contribution in [0.25, 0.3) is 0 Å². The number of likely N-dealkylation sites (N-methyl/N-ethyl adjacent to an activating group) is 1. The van der Waals surface area contributed by atoms with Gasteiger partial charge in [0.05, 0.1) is 13.7 Å². The Morgan fingerprint density at radius 3 is 2.12 bits per heavy atom. The van der Waals surface area contributed by atoms with E-state index in [1.54, 1.807) is 7.11 Å². The van der Waals surface area contributed by atoms with Crippen molar-refractivity contribution in [3.05, 3.63) is 23.8 Å². The maximum absolute atomic E-state index is 5.90. The fourth-order valence-corrected chi connectivity index (χ4v) is 2.60. The van der Waals surface area contributed by atoms with Crippen molar-refractivity contribution in [2.75, 3.05) is 61.5 Å². The lowest BCUT2D eigenvalue weighted by Crippen LogP contribution is -2.35. The molecule has 26 heavy (non-hydrogen) atoms. The normalized spacial score (nSPS) is 10.2. The predicted molar refractivity (Wildman–Crippen MR) is 120 cm³/mol. The van der Waals surface area contributed by atoms with E-state index in [1.807, 2.05) is 56.2 Å². The molecule has 0 radical (unpaired) electrons. The smallest absolute Gasteiger partial charge is 0.195 e. The molecule has 0 aromatic heterocycles. The van der Waals surface area contributed by atoms with E-state index < -0.39 is 0 Å². The van der Waals surface area contributed by atoms with E-state index in [4.69, 9.17) is 9.47 Å². The Labute approximate surface area is 176 Å². The van der Waals surface area contributed by atoms with Crippen molar-refractivity contribution in [2.24, 2.45) is 4.99 Å². The first kappa shape index (κ1) is 24.8. The van der Waals surface area contributed by atoms with Crippen molar-refractivity contribution in [1.82, 2.24) is 14.7 Å². The number of guanidine groups is 1. The van der Waals surface area contributed by atoms with E-state index in [9.17, 15) is 0 Å². The number of benzene rings is 1. The number of rotatable bonds is 9. The molecule has 0 amide bonds.